The summed E-state index contributed by atoms with van der Waals surface area (Å²) in [5, 5.41) is 3.82. The van der Waals surface area contributed by atoms with Crippen LogP contribution in [0.4, 0.5) is 0 Å². The van der Waals surface area contributed by atoms with Crippen LogP contribution < -0.4 is 5.32 Å². The van der Waals surface area contributed by atoms with E-state index in [1.807, 2.05) is 0 Å². The molecule has 0 aromatic heterocycles. The van der Waals surface area contributed by atoms with Gasteiger partial charge in [0.1, 0.15) is 0 Å². The Labute approximate surface area is 131 Å². The zero-order chi connectivity index (χ0) is 14.5. The molecule has 2 unspecified atom stereocenters. The van der Waals surface area contributed by atoms with Crippen LogP contribution in [0, 0.1) is 11.8 Å². The first-order valence-corrected chi connectivity index (χ1v) is 9.53. The Hall–Kier alpha value is -0.120. The van der Waals surface area contributed by atoms with E-state index < -0.39 is 0 Å². The third-order valence-electron chi connectivity index (χ3n) is 5.74. The van der Waals surface area contributed by atoms with Crippen LogP contribution in [0.15, 0.2) is 0 Å². The van der Waals surface area contributed by atoms with Crippen LogP contribution in [0.25, 0.3) is 0 Å². The molecule has 21 heavy (non-hydrogen) atoms. The fraction of sp³-hybridized carbons (Fsp3) is 1.00. The van der Waals surface area contributed by atoms with Crippen molar-refractivity contribution in [2.45, 2.75) is 57.9 Å². The number of piperazine rings is 1. The maximum atomic E-state index is 3.82. The van der Waals surface area contributed by atoms with Gasteiger partial charge in [-0.3, -0.25) is 0 Å². The molecule has 0 spiro atoms. The Morgan fingerprint density at radius 2 is 1.52 bits per heavy atom. The predicted molar refractivity (Wildman–Crippen MR) is 89.6 cm³/mol. The molecule has 2 saturated carbocycles. The lowest BCUT2D eigenvalue weighted by Gasteiger charge is -2.40. The zero-order valence-electron chi connectivity index (χ0n) is 14.0. The molecular weight excluding hydrogens is 258 g/mol. The molecule has 1 N–H and O–H groups in total. The minimum absolute atomic E-state index is 0.795. The molecule has 1 heterocycles. The summed E-state index contributed by atoms with van der Waals surface area (Å²) in [6, 6.07) is 0.795. The first-order chi connectivity index (χ1) is 10.3. The van der Waals surface area contributed by atoms with Crippen LogP contribution in [0.5, 0.6) is 0 Å². The van der Waals surface area contributed by atoms with Gasteiger partial charge in [0.2, 0.25) is 0 Å². The van der Waals surface area contributed by atoms with Crippen molar-refractivity contribution in [1.82, 2.24) is 15.1 Å². The molecular formula is C18H35N3. The number of hydrogen-bond acceptors (Lipinski definition) is 3. The third-order valence-corrected chi connectivity index (χ3v) is 5.74. The highest BCUT2D eigenvalue weighted by atomic mass is 15.3. The summed E-state index contributed by atoms with van der Waals surface area (Å²) >= 11 is 0. The first-order valence-electron chi connectivity index (χ1n) is 9.53. The van der Waals surface area contributed by atoms with E-state index in [1.165, 1.54) is 90.8 Å². The largest absolute Gasteiger partial charge is 0.314 e. The summed E-state index contributed by atoms with van der Waals surface area (Å²) < 4.78 is 0. The number of nitrogens with one attached hydrogen (secondary N) is 1. The summed E-state index contributed by atoms with van der Waals surface area (Å²) in [6.45, 7) is 11.5. The molecule has 3 aliphatic rings. The number of hydrogen-bond donors (Lipinski definition) is 1. The maximum absolute atomic E-state index is 3.82. The van der Waals surface area contributed by atoms with Crippen LogP contribution in [-0.4, -0.2) is 61.7 Å². The van der Waals surface area contributed by atoms with Crippen LogP contribution in [0.1, 0.15) is 51.9 Å². The standard InChI is InChI=1S/C18H35N3/c1-2-9-19-18-6-4-3-5-17(18)15-21-12-10-20(11-13-21)14-16-7-8-16/h16-19H,2-15H2,1H3. The van der Waals surface area contributed by atoms with E-state index in [0.717, 1.165) is 17.9 Å². The predicted octanol–water partition coefficient (Wildman–Crippen LogP) is 2.57. The molecule has 3 nitrogen and oxygen atoms in total. The summed E-state index contributed by atoms with van der Waals surface area (Å²) in [7, 11) is 0. The van der Waals surface area contributed by atoms with Crippen LogP contribution in [-0.2, 0) is 0 Å². The molecule has 2 atom stereocenters. The average Bonchev–Trinajstić information content (AvgIpc) is 3.32. The molecule has 1 aliphatic heterocycles. The van der Waals surface area contributed by atoms with Gasteiger partial charge in [0, 0.05) is 45.3 Å². The molecule has 2 aliphatic carbocycles. The van der Waals surface area contributed by atoms with Crippen molar-refractivity contribution in [3.63, 3.8) is 0 Å². The highest BCUT2D eigenvalue weighted by molar-refractivity contribution is 4.85. The van der Waals surface area contributed by atoms with E-state index in [0.29, 0.717) is 0 Å². The van der Waals surface area contributed by atoms with Crippen molar-refractivity contribution >= 4 is 0 Å². The van der Waals surface area contributed by atoms with E-state index >= 15 is 0 Å². The molecule has 3 rings (SSSR count). The first kappa shape index (κ1) is 15.8. The van der Waals surface area contributed by atoms with Crippen LogP contribution >= 0.6 is 0 Å². The highest BCUT2D eigenvalue weighted by Crippen LogP contribution is 2.30. The molecule has 1 saturated heterocycles. The van der Waals surface area contributed by atoms with E-state index in [9.17, 15) is 0 Å². The van der Waals surface area contributed by atoms with Crippen molar-refractivity contribution < 1.29 is 0 Å². The lowest BCUT2D eigenvalue weighted by molar-refractivity contribution is 0.0968. The van der Waals surface area contributed by atoms with Gasteiger partial charge < -0.3 is 15.1 Å². The van der Waals surface area contributed by atoms with Gasteiger partial charge in [-0.05, 0) is 50.5 Å². The molecule has 0 radical (unpaired) electrons. The highest BCUT2D eigenvalue weighted by Gasteiger charge is 2.29. The van der Waals surface area contributed by atoms with Crippen molar-refractivity contribution in [2.24, 2.45) is 11.8 Å². The van der Waals surface area contributed by atoms with E-state index in [-0.39, 0.29) is 0 Å². The second kappa shape index (κ2) is 7.94. The van der Waals surface area contributed by atoms with Gasteiger partial charge in [-0.2, -0.15) is 0 Å². The quantitative estimate of drug-likeness (QED) is 0.778. The Bertz CT molecular complexity index is 295. The lowest BCUT2D eigenvalue weighted by atomic mass is 9.84. The van der Waals surface area contributed by atoms with Gasteiger partial charge in [-0.15, -0.1) is 0 Å². The molecule has 0 aromatic rings. The Kier molecular flexibility index (Phi) is 5.96. The third kappa shape index (κ3) is 4.94. The van der Waals surface area contributed by atoms with Gasteiger partial charge in [0.05, 0.1) is 0 Å². The Morgan fingerprint density at radius 3 is 2.19 bits per heavy atom. The molecule has 0 amide bonds. The van der Waals surface area contributed by atoms with Crippen molar-refractivity contribution in [3.05, 3.63) is 0 Å². The molecule has 3 heteroatoms. The van der Waals surface area contributed by atoms with Gasteiger partial charge in [-0.25, -0.2) is 0 Å². The Balaban J connectivity index is 1.40. The fourth-order valence-electron chi connectivity index (χ4n) is 4.18. The van der Waals surface area contributed by atoms with Crippen molar-refractivity contribution in [1.29, 1.82) is 0 Å². The second-order valence-corrected chi connectivity index (χ2v) is 7.65. The number of rotatable bonds is 7. The topological polar surface area (TPSA) is 18.5 Å². The monoisotopic (exact) mass is 293 g/mol. The second-order valence-electron chi connectivity index (χ2n) is 7.65. The normalized spacial score (nSPS) is 32.4. The minimum atomic E-state index is 0.795. The van der Waals surface area contributed by atoms with Gasteiger partial charge in [0.15, 0.2) is 0 Å². The Morgan fingerprint density at radius 1 is 0.857 bits per heavy atom. The van der Waals surface area contributed by atoms with Crippen molar-refractivity contribution in [2.75, 3.05) is 45.8 Å². The van der Waals surface area contributed by atoms with E-state index in [1.54, 1.807) is 0 Å². The molecule has 0 bridgehead atoms. The minimum Gasteiger partial charge on any atom is -0.314 e. The van der Waals surface area contributed by atoms with Gasteiger partial charge in [-0.1, -0.05) is 19.8 Å². The summed E-state index contributed by atoms with van der Waals surface area (Å²) in [6.07, 6.45) is 10.0. The average molecular weight is 293 g/mol. The summed E-state index contributed by atoms with van der Waals surface area (Å²) in [4.78, 5) is 5.46. The smallest absolute Gasteiger partial charge is 0.0110 e. The summed E-state index contributed by atoms with van der Waals surface area (Å²) in [5.41, 5.74) is 0. The molecule has 0 aromatic carbocycles. The summed E-state index contributed by atoms with van der Waals surface area (Å²) in [5.74, 6) is 1.96. The van der Waals surface area contributed by atoms with Crippen LogP contribution in [0.2, 0.25) is 0 Å². The van der Waals surface area contributed by atoms with E-state index in [4.69, 9.17) is 0 Å². The fourth-order valence-corrected chi connectivity index (χ4v) is 4.18. The van der Waals surface area contributed by atoms with Crippen LogP contribution in [0.3, 0.4) is 0 Å². The molecule has 122 valence electrons. The van der Waals surface area contributed by atoms with Gasteiger partial charge in [0.25, 0.3) is 0 Å². The zero-order valence-corrected chi connectivity index (χ0v) is 14.0. The maximum Gasteiger partial charge on any atom is 0.0110 e. The van der Waals surface area contributed by atoms with E-state index in [2.05, 4.69) is 22.0 Å². The molecule has 3 fully saturated rings. The lowest BCUT2D eigenvalue weighted by Crippen LogP contribution is -2.51. The SMILES string of the molecule is CCCNC1CCCCC1CN1CCN(CC2CC2)CC1. The number of nitrogens with zero attached hydrogens (tertiary/aromatic N) is 2. The van der Waals surface area contributed by atoms with Gasteiger partial charge >= 0.3 is 0 Å². The van der Waals surface area contributed by atoms with Crippen molar-refractivity contribution in [3.8, 4) is 0 Å².